The van der Waals surface area contributed by atoms with Gasteiger partial charge in [0.25, 0.3) is 0 Å². The molecule has 2 heterocycles. The van der Waals surface area contributed by atoms with Gasteiger partial charge in [0.15, 0.2) is 5.16 Å². The Morgan fingerprint density at radius 3 is 2.61 bits per heavy atom. The first kappa shape index (κ1) is 20.1. The minimum absolute atomic E-state index is 0.0930. The summed E-state index contributed by atoms with van der Waals surface area (Å²) < 4.78 is 0. The molecule has 0 saturated carbocycles. The predicted octanol–water partition coefficient (Wildman–Crippen LogP) is 3.57. The first-order valence-electron chi connectivity index (χ1n) is 8.68. The topological polar surface area (TPSA) is 71.0 Å². The van der Waals surface area contributed by atoms with Gasteiger partial charge in [0, 0.05) is 38.6 Å². The zero-order valence-electron chi connectivity index (χ0n) is 15.4. The van der Waals surface area contributed by atoms with Crippen molar-refractivity contribution in [2.75, 3.05) is 17.7 Å². The molecule has 0 bridgehead atoms. The summed E-state index contributed by atoms with van der Waals surface area (Å²) in [7, 11) is 1.95. The highest BCUT2D eigenvalue weighted by Gasteiger charge is 2.11. The van der Waals surface area contributed by atoms with Crippen LogP contribution in [-0.4, -0.2) is 33.7 Å². The van der Waals surface area contributed by atoms with Crippen LogP contribution in [0.1, 0.15) is 11.1 Å². The summed E-state index contributed by atoms with van der Waals surface area (Å²) >= 11 is 7.41. The van der Waals surface area contributed by atoms with Gasteiger partial charge >= 0.3 is 0 Å². The van der Waals surface area contributed by atoms with Gasteiger partial charge in [0.1, 0.15) is 11.0 Å². The van der Waals surface area contributed by atoms with Gasteiger partial charge in [-0.3, -0.25) is 9.78 Å². The van der Waals surface area contributed by atoms with Crippen LogP contribution in [0.5, 0.6) is 0 Å². The monoisotopic (exact) mass is 413 g/mol. The number of aromatic nitrogens is 3. The maximum Gasteiger partial charge on any atom is 0.230 e. The second kappa shape index (κ2) is 10.1. The first-order chi connectivity index (χ1) is 13.6. The zero-order chi connectivity index (χ0) is 19.8. The Bertz CT molecular complexity index is 911. The minimum Gasteiger partial charge on any atom is -0.355 e. The van der Waals surface area contributed by atoms with Crippen LogP contribution in [0.25, 0.3) is 0 Å². The van der Waals surface area contributed by atoms with Crippen LogP contribution in [-0.2, 0) is 17.9 Å². The van der Waals surface area contributed by atoms with Crippen molar-refractivity contribution in [2.45, 2.75) is 18.2 Å². The molecule has 0 fully saturated rings. The van der Waals surface area contributed by atoms with Gasteiger partial charge in [0.05, 0.1) is 5.75 Å². The number of rotatable bonds is 8. The fraction of sp³-hybridized carbons (Fsp3) is 0.200. The largest absolute Gasteiger partial charge is 0.355 e. The summed E-state index contributed by atoms with van der Waals surface area (Å²) in [5.74, 6) is 0.834. The van der Waals surface area contributed by atoms with Crippen molar-refractivity contribution in [3.05, 3.63) is 77.2 Å². The molecular weight excluding hydrogens is 394 g/mol. The number of thioether (sulfide) groups is 1. The normalized spacial score (nSPS) is 10.5. The van der Waals surface area contributed by atoms with E-state index < -0.39 is 0 Å². The molecule has 3 aromatic rings. The molecule has 8 heteroatoms. The molecule has 0 aliphatic carbocycles. The number of carbonyl (C=O) groups excluding carboxylic acids is 1. The Balaban J connectivity index is 1.56. The van der Waals surface area contributed by atoms with Crippen molar-refractivity contribution in [2.24, 2.45) is 0 Å². The fourth-order valence-corrected chi connectivity index (χ4v) is 3.38. The third-order valence-electron chi connectivity index (χ3n) is 3.89. The Morgan fingerprint density at radius 2 is 1.86 bits per heavy atom. The Kier molecular flexibility index (Phi) is 7.22. The summed E-state index contributed by atoms with van der Waals surface area (Å²) in [5.41, 5.74) is 2.17. The van der Waals surface area contributed by atoms with Gasteiger partial charge in [0.2, 0.25) is 5.91 Å². The number of hydrogen-bond acceptors (Lipinski definition) is 6. The molecule has 0 radical (unpaired) electrons. The van der Waals surface area contributed by atoms with Crippen molar-refractivity contribution in [1.82, 2.24) is 20.3 Å². The number of carbonyl (C=O) groups is 1. The summed E-state index contributed by atoms with van der Waals surface area (Å²) in [6.45, 7) is 1.16. The first-order valence-corrected chi connectivity index (χ1v) is 10.0. The third kappa shape index (κ3) is 6.21. The molecule has 6 nitrogen and oxygen atoms in total. The molecule has 0 saturated heterocycles. The molecule has 0 atom stereocenters. The molecule has 144 valence electrons. The van der Waals surface area contributed by atoms with Crippen LogP contribution in [0, 0.1) is 0 Å². The molecule has 0 spiro atoms. The van der Waals surface area contributed by atoms with Crippen molar-refractivity contribution < 1.29 is 4.79 Å². The lowest BCUT2D eigenvalue weighted by atomic mass is 10.2. The lowest BCUT2D eigenvalue weighted by molar-refractivity contribution is -0.118. The third-order valence-corrected chi connectivity index (χ3v) is 4.93. The number of halogens is 1. The van der Waals surface area contributed by atoms with Gasteiger partial charge in [-0.1, -0.05) is 53.7 Å². The molecule has 1 aromatic carbocycles. The highest BCUT2D eigenvalue weighted by atomic mass is 35.5. The van der Waals surface area contributed by atoms with Crippen LogP contribution in [0.3, 0.4) is 0 Å². The number of nitrogens with one attached hydrogen (secondary N) is 1. The average Bonchev–Trinajstić information content (AvgIpc) is 2.72. The predicted molar refractivity (Wildman–Crippen MR) is 112 cm³/mol. The van der Waals surface area contributed by atoms with Crippen LogP contribution >= 0.6 is 23.4 Å². The molecule has 3 rings (SSSR count). The van der Waals surface area contributed by atoms with E-state index in [-0.39, 0.29) is 11.7 Å². The van der Waals surface area contributed by atoms with E-state index in [0.717, 1.165) is 5.56 Å². The molecule has 0 aliphatic rings. The molecule has 1 N–H and O–H groups in total. The molecule has 0 aliphatic heterocycles. The zero-order valence-corrected chi connectivity index (χ0v) is 17.0. The molecular formula is C20H20ClN5OS. The standard InChI is InChI=1S/C20H20ClN5OS/c1-26(13-16-5-3-2-4-6-16)18-11-17(21)24-20(25-18)28-14-19(27)23-12-15-7-9-22-10-8-15/h2-11H,12-14H2,1H3,(H,23,27). The number of pyridine rings is 1. The number of anilines is 1. The van der Waals surface area contributed by atoms with E-state index in [1.54, 1.807) is 18.5 Å². The van der Waals surface area contributed by atoms with E-state index in [1.165, 1.54) is 17.3 Å². The SMILES string of the molecule is CN(Cc1ccccc1)c1cc(Cl)nc(SCC(=O)NCc2ccncc2)n1. The van der Waals surface area contributed by atoms with Crippen molar-refractivity contribution >= 4 is 35.1 Å². The molecule has 0 unspecified atom stereocenters. The summed E-state index contributed by atoms with van der Waals surface area (Å²) in [4.78, 5) is 26.8. The minimum atomic E-state index is -0.0930. The van der Waals surface area contributed by atoms with Gasteiger partial charge in [-0.2, -0.15) is 0 Å². The highest BCUT2D eigenvalue weighted by Crippen LogP contribution is 2.22. The molecule has 28 heavy (non-hydrogen) atoms. The Hall–Kier alpha value is -2.64. The van der Waals surface area contributed by atoms with Crippen LogP contribution < -0.4 is 10.2 Å². The van der Waals surface area contributed by atoms with E-state index in [9.17, 15) is 4.79 Å². The van der Waals surface area contributed by atoms with Crippen molar-refractivity contribution in [1.29, 1.82) is 0 Å². The van der Waals surface area contributed by atoms with Crippen LogP contribution in [0.4, 0.5) is 5.82 Å². The lowest BCUT2D eigenvalue weighted by Gasteiger charge is -2.19. The quantitative estimate of drug-likeness (QED) is 0.346. The maximum absolute atomic E-state index is 12.1. The summed E-state index contributed by atoms with van der Waals surface area (Å²) in [6.07, 6.45) is 3.40. The van der Waals surface area contributed by atoms with Gasteiger partial charge in [-0.15, -0.1) is 0 Å². The molecule has 1 amide bonds. The van der Waals surface area contributed by atoms with Crippen LogP contribution in [0.2, 0.25) is 5.15 Å². The Labute approximate surface area is 173 Å². The van der Waals surface area contributed by atoms with Crippen molar-refractivity contribution in [3.63, 3.8) is 0 Å². The fourth-order valence-electron chi connectivity index (χ4n) is 2.47. The maximum atomic E-state index is 12.1. The number of hydrogen-bond donors (Lipinski definition) is 1. The Morgan fingerprint density at radius 1 is 1.11 bits per heavy atom. The number of amides is 1. The number of nitrogens with zero attached hydrogens (tertiary/aromatic N) is 4. The summed E-state index contributed by atoms with van der Waals surface area (Å²) in [6, 6.07) is 15.6. The van der Waals surface area contributed by atoms with E-state index >= 15 is 0 Å². The lowest BCUT2D eigenvalue weighted by Crippen LogP contribution is -2.24. The highest BCUT2D eigenvalue weighted by molar-refractivity contribution is 7.99. The average molecular weight is 414 g/mol. The van der Waals surface area contributed by atoms with Gasteiger partial charge in [-0.05, 0) is 23.3 Å². The number of benzene rings is 1. The van der Waals surface area contributed by atoms with E-state index in [4.69, 9.17) is 11.6 Å². The summed E-state index contributed by atoms with van der Waals surface area (Å²) in [5, 5.41) is 3.69. The smallest absolute Gasteiger partial charge is 0.230 e. The van der Waals surface area contributed by atoms with E-state index in [0.29, 0.717) is 29.2 Å². The van der Waals surface area contributed by atoms with Gasteiger partial charge < -0.3 is 10.2 Å². The second-order valence-electron chi connectivity index (χ2n) is 6.09. The van der Waals surface area contributed by atoms with Gasteiger partial charge in [-0.25, -0.2) is 9.97 Å². The van der Waals surface area contributed by atoms with Crippen molar-refractivity contribution in [3.8, 4) is 0 Å². The van der Waals surface area contributed by atoms with E-state index in [1.807, 2.05) is 42.3 Å². The van der Waals surface area contributed by atoms with Crippen LogP contribution in [0.15, 0.2) is 66.1 Å². The second-order valence-corrected chi connectivity index (χ2v) is 7.42. The van der Waals surface area contributed by atoms with E-state index in [2.05, 4.69) is 32.4 Å². The molecule has 2 aromatic heterocycles.